The fraction of sp³-hybridized carbons (Fsp3) is 0.590. The van der Waals surface area contributed by atoms with Crippen LogP contribution in [0.4, 0.5) is 15.8 Å². The maximum atomic E-state index is 15.0. The van der Waals surface area contributed by atoms with E-state index in [2.05, 4.69) is 47.4 Å². The first-order valence-electron chi connectivity index (χ1n) is 19.3. The molecular formula is C39H50FN7O5S. The van der Waals surface area contributed by atoms with Crippen LogP contribution in [0, 0.1) is 11.7 Å². The molecule has 5 saturated heterocycles. The van der Waals surface area contributed by atoms with Gasteiger partial charge in [0.05, 0.1) is 17.9 Å². The van der Waals surface area contributed by atoms with Crippen molar-refractivity contribution < 1.29 is 23.5 Å². The van der Waals surface area contributed by atoms with Gasteiger partial charge in [0.25, 0.3) is 5.56 Å². The highest BCUT2D eigenvalue weighted by Gasteiger charge is 2.38. The zero-order valence-electron chi connectivity index (χ0n) is 30.2. The number of carbonyl (C=O) groups excluding carboxylic acids is 2. The fourth-order valence-electron chi connectivity index (χ4n) is 8.44. The van der Waals surface area contributed by atoms with E-state index in [4.69, 9.17) is 9.47 Å². The van der Waals surface area contributed by atoms with Crippen molar-refractivity contribution in [1.29, 1.82) is 0 Å². The highest BCUT2D eigenvalue weighted by Crippen LogP contribution is 2.31. The van der Waals surface area contributed by atoms with E-state index in [0.29, 0.717) is 65.5 Å². The lowest BCUT2D eigenvalue weighted by Crippen LogP contribution is -2.64. The third kappa shape index (κ3) is 8.66. The topological polar surface area (TPSA) is 132 Å². The predicted molar refractivity (Wildman–Crippen MR) is 204 cm³/mol. The number of amides is 2. The molecule has 284 valence electrons. The Bertz CT molecular complexity index is 1820. The molecule has 0 radical (unpaired) electrons. The first kappa shape index (κ1) is 36.3. The lowest BCUT2D eigenvalue weighted by Gasteiger charge is -2.52. The molecule has 2 aromatic carbocycles. The number of H-pyrrole nitrogens is 1. The second kappa shape index (κ2) is 16.3. The van der Waals surface area contributed by atoms with Gasteiger partial charge in [0.1, 0.15) is 28.8 Å². The Morgan fingerprint density at radius 1 is 0.906 bits per heavy atom. The molecule has 5 fully saturated rings. The van der Waals surface area contributed by atoms with Crippen LogP contribution < -0.4 is 25.8 Å². The number of benzene rings is 2. The van der Waals surface area contributed by atoms with Crippen molar-refractivity contribution >= 4 is 45.9 Å². The number of hydrogen-bond acceptors (Lipinski definition) is 11. The number of hydrogen-bond donors (Lipinski definition) is 3. The average Bonchev–Trinajstić information content (AvgIpc) is 3.15. The van der Waals surface area contributed by atoms with E-state index in [9.17, 15) is 14.4 Å². The molecule has 53 heavy (non-hydrogen) atoms. The van der Waals surface area contributed by atoms with Crippen molar-refractivity contribution in [2.45, 2.75) is 80.5 Å². The van der Waals surface area contributed by atoms with Crippen molar-refractivity contribution in [3.05, 3.63) is 58.4 Å². The van der Waals surface area contributed by atoms with Crippen molar-refractivity contribution in [1.82, 2.24) is 25.1 Å². The number of anilines is 2. The fourth-order valence-corrected chi connectivity index (χ4v) is 9.50. The second-order valence-corrected chi connectivity index (χ2v) is 16.5. The van der Waals surface area contributed by atoms with E-state index in [1.807, 2.05) is 12.1 Å². The molecule has 3 N–H and O–H groups in total. The van der Waals surface area contributed by atoms with Gasteiger partial charge in [-0.25, -0.2) is 9.37 Å². The number of likely N-dealkylation sites (tertiary alicyclic amines) is 2. The summed E-state index contributed by atoms with van der Waals surface area (Å²) in [5.41, 5.74) is 1.99. The zero-order chi connectivity index (χ0) is 36.3. The summed E-state index contributed by atoms with van der Waals surface area (Å²) < 4.78 is 26.6. The summed E-state index contributed by atoms with van der Waals surface area (Å²) in [5, 5.41) is 6.13. The monoisotopic (exact) mass is 747 g/mol. The van der Waals surface area contributed by atoms with Crippen LogP contribution in [0.1, 0.15) is 57.2 Å². The number of rotatable bonds is 11. The van der Waals surface area contributed by atoms with Crippen molar-refractivity contribution in [3.8, 4) is 5.75 Å². The Hall–Kier alpha value is -3.72. The van der Waals surface area contributed by atoms with E-state index in [-0.39, 0.29) is 23.2 Å². The minimum absolute atomic E-state index is 0.0153. The predicted octanol–water partition coefficient (Wildman–Crippen LogP) is 4.14. The smallest absolute Gasteiger partial charge is 0.261 e. The molecule has 0 bridgehead atoms. The van der Waals surface area contributed by atoms with Gasteiger partial charge in [-0.1, -0.05) is 0 Å². The molecule has 1 unspecified atom stereocenters. The number of halogens is 1. The van der Waals surface area contributed by atoms with E-state index in [0.717, 1.165) is 96.7 Å². The Kier molecular flexibility index (Phi) is 11.2. The number of ether oxygens (including phenoxy) is 2. The van der Waals surface area contributed by atoms with E-state index in [1.54, 1.807) is 17.8 Å². The lowest BCUT2D eigenvalue weighted by atomic mass is 9.92. The van der Waals surface area contributed by atoms with Crippen LogP contribution in [0.5, 0.6) is 5.75 Å². The standard InChI is InChI=1S/C39H50FN7O5S/c40-32-19-30(20-34-37(32)39(50)43-35(42-34)24-53-31-11-17-51-18-12-31)52-23-25-7-13-46(14-8-25)29-21-47(22-29)28-9-15-45(16-10-28)27-3-1-26(2-4-27)41-33-5-6-36(48)44-38(33)49/h1-4,19-20,25,28-29,31,33,41H,5-18,21-24H2,(H,42,43,50)(H,44,48,49). The molecule has 8 rings (SSSR count). The normalized spacial score (nSPS) is 23.3. The Morgan fingerprint density at radius 2 is 1.66 bits per heavy atom. The summed E-state index contributed by atoms with van der Waals surface area (Å²) in [7, 11) is 0. The highest BCUT2D eigenvalue weighted by molar-refractivity contribution is 7.99. The maximum absolute atomic E-state index is 15.0. The first-order valence-corrected chi connectivity index (χ1v) is 20.4. The van der Waals surface area contributed by atoms with Crippen molar-refractivity contribution in [3.63, 3.8) is 0 Å². The third-order valence-electron chi connectivity index (χ3n) is 11.7. The number of imide groups is 1. The molecule has 5 aliphatic rings. The van der Waals surface area contributed by atoms with E-state index < -0.39 is 11.4 Å². The molecular weight excluding hydrogens is 698 g/mol. The van der Waals surface area contributed by atoms with Crippen molar-refractivity contribution in [2.75, 3.05) is 69.3 Å². The van der Waals surface area contributed by atoms with Crippen molar-refractivity contribution in [2.24, 2.45) is 5.92 Å². The molecule has 0 spiro atoms. The van der Waals surface area contributed by atoms with Crippen LogP contribution in [0.25, 0.3) is 10.9 Å². The number of nitrogens with one attached hydrogen (secondary N) is 3. The first-order chi connectivity index (χ1) is 25.8. The van der Waals surface area contributed by atoms with Gasteiger partial charge < -0.3 is 24.7 Å². The molecule has 5 aliphatic heterocycles. The van der Waals surface area contributed by atoms with Gasteiger partial charge in [0.2, 0.25) is 11.8 Å². The number of piperidine rings is 3. The Morgan fingerprint density at radius 3 is 2.40 bits per heavy atom. The third-order valence-corrected chi connectivity index (χ3v) is 13.1. The van der Waals surface area contributed by atoms with E-state index in [1.165, 1.54) is 11.8 Å². The number of aromatic amines is 1. The maximum Gasteiger partial charge on any atom is 0.261 e. The summed E-state index contributed by atoms with van der Waals surface area (Å²) in [4.78, 5) is 51.4. The minimum Gasteiger partial charge on any atom is -0.493 e. The Labute approximate surface area is 313 Å². The summed E-state index contributed by atoms with van der Waals surface area (Å²) in [5.74, 6) is 0.921. The molecule has 1 atom stereocenters. The summed E-state index contributed by atoms with van der Waals surface area (Å²) in [6.07, 6.45) is 7.27. The van der Waals surface area contributed by atoms with Gasteiger partial charge in [-0.15, -0.1) is 0 Å². The largest absolute Gasteiger partial charge is 0.493 e. The molecule has 3 aromatic rings. The molecule has 12 nitrogen and oxygen atoms in total. The van der Waals surface area contributed by atoms with E-state index >= 15 is 4.39 Å². The molecule has 14 heteroatoms. The van der Waals surface area contributed by atoms with Gasteiger partial charge in [-0.3, -0.25) is 29.5 Å². The zero-order valence-corrected chi connectivity index (χ0v) is 31.0. The summed E-state index contributed by atoms with van der Waals surface area (Å²) >= 11 is 1.76. The van der Waals surface area contributed by atoms with Crippen LogP contribution in [-0.2, 0) is 20.1 Å². The number of fused-ring (bicyclic) bond motifs is 1. The quantitative estimate of drug-likeness (QED) is 0.245. The average molecular weight is 748 g/mol. The van der Waals surface area contributed by atoms with Gasteiger partial charge >= 0.3 is 0 Å². The molecule has 2 amide bonds. The summed E-state index contributed by atoms with van der Waals surface area (Å²) in [6, 6.07) is 12.2. The van der Waals surface area contributed by atoms with Crippen LogP contribution in [0.15, 0.2) is 41.2 Å². The van der Waals surface area contributed by atoms with Gasteiger partial charge in [0.15, 0.2) is 0 Å². The number of nitrogens with zero attached hydrogens (tertiary/aromatic N) is 4. The lowest BCUT2D eigenvalue weighted by molar-refractivity contribution is -0.133. The van der Waals surface area contributed by atoms with Crippen LogP contribution >= 0.6 is 11.8 Å². The van der Waals surface area contributed by atoms with Gasteiger partial charge in [0, 0.05) is 86.7 Å². The summed E-state index contributed by atoms with van der Waals surface area (Å²) in [6.45, 7) is 8.48. The van der Waals surface area contributed by atoms with Crippen LogP contribution in [-0.4, -0.2) is 114 Å². The highest BCUT2D eigenvalue weighted by atomic mass is 32.2. The van der Waals surface area contributed by atoms with Crippen LogP contribution in [0.2, 0.25) is 0 Å². The second-order valence-electron chi connectivity index (χ2n) is 15.2. The van der Waals surface area contributed by atoms with Crippen LogP contribution in [0.3, 0.4) is 0 Å². The van der Waals surface area contributed by atoms with Gasteiger partial charge in [-0.2, -0.15) is 11.8 Å². The Balaban J connectivity index is 0.747. The minimum atomic E-state index is -0.597. The number of aromatic nitrogens is 2. The van der Waals surface area contributed by atoms with Gasteiger partial charge in [-0.05, 0) is 88.2 Å². The number of carbonyl (C=O) groups is 2. The number of thioether (sulfide) groups is 1. The molecule has 0 saturated carbocycles. The molecule has 0 aliphatic carbocycles. The molecule has 6 heterocycles. The SMILES string of the molecule is O=C1CCC(Nc2ccc(N3CCC(N4CC(N5CCC(COc6cc(F)c7c(=O)[nH]c(CSC8CCOCC8)nc7c6)CC5)C4)CC3)cc2)C(=O)N1. The molecule has 1 aromatic heterocycles.